The summed E-state index contributed by atoms with van der Waals surface area (Å²) in [6.07, 6.45) is 3.12. The van der Waals surface area contributed by atoms with Gasteiger partial charge >= 0.3 is 0 Å². The predicted octanol–water partition coefficient (Wildman–Crippen LogP) is 0.408. The van der Waals surface area contributed by atoms with Gasteiger partial charge in [-0.1, -0.05) is 5.16 Å². The molecule has 1 saturated heterocycles. The molecule has 0 radical (unpaired) electrons. The third kappa shape index (κ3) is 4.36. The van der Waals surface area contributed by atoms with Crippen molar-refractivity contribution in [2.45, 2.75) is 45.4 Å². The molecule has 2 aromatic rings. The average Bonchev–Trinajstić information content (AvgIpc) is 2.94. The molecule has 3 rings (SSSR count). The van der Waals surface area contributed by atoms with Crippen LogP contribution in [0.5, 0.6) is 0 Å². The van der Waals surface area contributed by atoms with Crippen LogP contribution in [0.4, 0.5) is 0 Å². The van der Waals surface area contributed by atoms with Gasteiger partial charge < -0.3 is 24.3 Å². The molecule has 2 N–H and O–H groups in total. The zero-order valence-corrected chi connectivity index (χ0v) is 14.8. The van der Waals surface area contributed by atoms with E-state index in [2.05, 4.69) is 20.4 Å². The minimum atomic E-state index is -0.318. The summed E-state index contributed by atoms with van der Waals surface area (Å²) < 4.78 is 16.6. The lowest BCUT2D eigenvalue weighted by molar-refractivity contribution is -0.126. The number of nitrogens with one attached hydrogen (secondary N) is 2. The van der Waals surface area contributed by atoms with Crippen molar-refractivity contribution in [1.29, 1.82) is 0 Å². The number of aromatic amines is 1. The summed E-state index contributed by atoms with van der Waals surface area (Å²) >= 11 is 0. The van der Waals surface area contributed by atoms with Crippen molar-refractivity contribution in [1.82, 2.24) is 20.4 Å². The van der Waals surface area contributed by atoms with Gasteiger partial charge in [-0.25, -0.2) is 4.98 Å². The quantitative estimate of drug-likeness (QED) is 0.763. The molecule has 9 heteroatoms. The first kappa shape index (κ1) is 18.3. The zero-order valence-electron chi connectivity index (χ0n) is 14.8. The Morgan fingerprint density at radius 2 is 2.31 bits per heavy atom. The number of aromatic nitrogens is 3. The van der Waals surface area contributed by atoms with Gasteiger partial charge in [0.1, 0.15) is 5.76 Å². The highest BCUT2D eigenvalue weighted by molar-refractivity contribution is 5.78. The lowest BCUT2D eigenvalue weighted by Gasteiger charge is -2.32. The van der Waals surface area contributed by atoms with Gasteiger partial charge in [-0.05, 0) is 20.3 Å². The van der Waals surface area contributed by atoms with E-state index >= 15 is 0 Å². The molecule has 1 fully saturated rings. The largest absolute Gasteiger partial charge is 0.379 e. The van der Waals surface area contributed by atoms with Crippen LogP contribution >= 0.6 is 0 Å². The van der Waals surface area contributed by atoms with Crippen LogP contribution in [-0.2, 0) is 27.3 Å². The Labute approximate surface area is 150 Å². The molecule has 0 spiro atoms. The van der Waals surface area contributed by atoms with E-state index in [-0.39, 0.29) is 30.0 Å². The van der Waals surface area contributed by atoms with Crippen molar-refractivity contribution in [3.05, 3.63) is 45.5 Å². The molecule has 140 valence electrons. The molecule has 0 aliphatic carbocycles. The first-order chi connectivity index (χ1) is 12.5. The van der Waals surface area contributed by atoms with Crippen molar-refractivity contribution in [2.24, 2.45) is 0 Å². The number of carbonyl (C=O) groups is 1. The highest BCUT2D eigenvalue weighted by Crippen LogP contribution is 2.18. The molecule has 2 aromatic heterocycles. The van der Waals surface area contributed by atoms with E-state index in [9.17, 15) is 9.59 Å². The smallest absolute Gasteiger partial charge is 0.254 e. The fourth-order valence-corrected chi connectivity index (χ4v) is 2.88. The van der Waals surface area contributed by atoms with Crippen molar-refractivity contribution in [2.75, 3.05) is 13.2 Å². The molecule has 0 saturated carbocycles. The van der Waals surface area contributed by atoms with Crippen LogP contribution in [0, 0.1) is 13.8 Å². The number of H-pyrrole nitrogens is 1. The molecule has 0 aromatic carbocycles. The second-order valence-corrected chi connectivity index (χ2v) is 6.27. The summed E-state index contributed by atoms with van der Waals surface area (Å²) in [4.78, 5) is 30.2. The summed E-state index contributed by atoms with van der Waals surface area (Å²) in [5.74, 6) is 0.455. The van der Waals surface area contributed by atoms with Gasteiger partial charge in [0.15, 0.2) is 0 Å². The van der Waals surface area contributed by atoms with E-state index in [0.29, 0.717) is 31.8 Å². The highest BCUT2D eigenvalue weighted by Gasteiger charge is 2.28. The molecule has 1 aliphatic heterocycles. The number of hydrogen-bond acceptors (Lipinski definition) is 7. The molecular weight excluding hydrogens is 340 g/mol. The Hall–Kier alpha value is -2.52. The monoisotopic (exact) mass is 362 g/mol. The maximum Gasteiger partial charge on any atom is 0.254 e. The molecule has 9 nitrogen and oxygen atoms in total. The molecule has 26 heavy (non-hydrogen) atoms. The average molecular weight is 362 g/mol. The van der Waals surface area contributed by atoms with Crippen LogP contribution in [0.25, 0.3) is 0 Å². The second kappa shape index (κ2) is 8.24. The molecule has 1 amide bonds. The summed E-state index contributed by atoms with van der Waals surface area (Å²) in [6.45, 7) is 5.00. The van der Waals surface area contributed by atoms with Gasteiger partial charge in [-0.3, -0.25) is 9.59 Å². The van der Waals surface area contributed by atoms with Gasteiger partial charge in [0.2, 0.25) is 5.91 Å². The number of nitrogens with zero attached hydrogens (tertiary/aromatic N) is 2. The van der Waals surface area contributed by atoms with Crippen LogP contribution in [0.1, 0.15) is 29.0 Å². The van der Waals surface area contributed by atoms with Crippen molar-refractivity contribution < 1.29 is 18.8 Å². The number of aryl methyl sites for hydroxylation is 2. The van der Waals surface area contributed by atoms with E-state index in [4.69, 9.17) is 14.0 Å². The van der Waals surface area contributed by atoms with Crippen LogP contribution in [-0.4, -0.2) is 46.4 Å². The van der Waals surface area contributed by atoms with Crippen molar-refractivity contribution in [3.8, 4) is 0 Å². The maximum absolute atomic E-state index is 12.3. The molecular formula is C17H22N4O5. The minimum absolute atomic E-state index is 0.0454. The van der Waals surface area contributed by atoms with Gasteiger partial charge in [-0.2, -0.15) is 0 Å². The number of rotatable bonds is 6. The first-order valence-electron chi connectivity index (χ1n) is 8.46. The predicted molar refractivity (Wildman–Crippen MR) is 90.5 cm³/mol. The van der Waals surface area contributed by atoms with Gasteiger partial charge in [-0.15, -0.1) is 0 Å². The first-order valence-corrected chi connectivity index (χ1v) is 8.46. The highest BCUT2D eigenvalue weighted by atomic mass is 16.5. The van der Waals surface area contributed by atoms with Crippen molar-refractivity contribution in [3.63, 3.8) is 0 Å². The molecule has 0 bridgehead atoms. The number of ether oxygens (including phenoxy) is 2. The van der Waals surface area contributed by atoms with Crippen LogP contribution in [0.15, 0.2) is 21.8 Å². The lowest BCUT2D eigenvalue weighted by atomic mass is 10.1. The second-order valence-electron chi connectivity index (χ2n) is 6.27. The minimum Gasteiger partial charge on any atom is -0.379 e. The normalized spacial score (nSPS) is 20.1. The van der Waals surface area contributed by atoms with E-state index in [1.165, 1.54) is 12.5 Å². The molecule has 3 heterocycles. The van der Waals surface area contributed by atoms with E-state index in [1.54, 1.807) is 0 Å². The van der Waals surface area contributed by atoms with Crippen LogP contribution < -0.4 is 10.9 Å². The Bertz CT molecular complexity index is 796. The summed E-state index contributed by atoms with van der Waals surface area (Å²) in [5.41, 5.74) is 1.71. The van der Waals surface area contributed by atoms with Crippen LogP contribution in [0.2, 0.25) is 0 Å². The number of hydrogen-bond donors (Lipinski definition) is 2. The molecule has 2 atom stereocenters. The Morgan fingerprint density at radius 3 is 3.04 bits per heavy atom. The van der Waals surface area contributed by atoms with Gasteiger partial charge in [0, 0.05) is 23.9 Å². The zero-order chi connectivity index (χ0) is 18.5. The standard InChI is InChI=1S/C17H22N4O5/c1-10-13(11(2)26-21-10)7-25-15-3-4-24-8-14(15)20-16(22)5-12-6-18-9-19-17(12)23/h6,9,14-15H,3-5,7-8H2,1-2H3,(H,20,22)(H,18,19,23)/t14-,15+/m0/s1. The topological polar surface area (TPSA) is 119 Å². The van der Waals surface area contributed by atoms with E-state index in [0.717, 1.165) is 17.0 Å². The molecule has 0 unspecified atom stereocenters. The maximum atomic E-state index is 12.3. The Balaban J connectivity index is 1.59. The number of carbonyl (C=O) groups excluding carboxylic acids is 1. The fourth-order valence-electron chi connectivity index (χ4n) is 2.88. The summed E-state index contributed by atoms with van der Waals surface area (Å²) in [7, 11) is 0. The Kier molecular flexibility index (Phi) is 5.79. The van der Waals surface area contributed by atoms with Crippen molar-refractivity contribution >= 4 is 5.91 Å². The summed E-state index contributed by atoms with van der Waals surface area (Å²) in [5, 5.41) is 6.81. The third-order valence-corrected chi connectivity index (χ3v) is 4.41. The number of amides is 1. The van der Waals surface area contributed by atoms with E-state index < -0.39 is 0 Å². The Morgan fingerprint density at radius 1 is 1.46 bits per heavy atom. The fraction of sp³-hybridized carbons (Fsp3) is 0.529. The summed E-state index contributed by atoms with van der Waals surface area (Å²) in [6, 6.07) is -0.285. The van der Waals surface area contributed by atoms with E-state index in [1.807, 2.05) is 13.8 Å². The van der Waals surface area contributed by atoms with Crippen LogP contribution in [0.3, 0.4) is 0 Å². The lowest BCUT2D eigenvalue weighted by Crippen LogP contribution is -2.51. The SMILES string of the molecule is Cc1noc(C)c1CO[C@@H]1CCOC[C@@H]1NC(=O)Cc1cnc[nH]c1=O. The molecule has 1 aliphatic rings. The van der Waals surface area contributed by atoms with Gasteiger partial charge in [0.05, 0.1) is 43.8 Å². The third-order valence-electron chi connectivity index (χ3n) is 4.41. The van der Waals surface area contributed by atoms with Gasteiger partial charge in [0.25, 0.3) is 5.56 Å².